The van der Waals surface area contributed by atoms with Crippen molar-refractivity contribution in [3.05, 3.63) is 23.9 Å². The van der Waals surface area contributed by atoms with Gasteiger partial charge in [0.15, 0.2) is 0 Å². The molecule has 1 aliphatic heterocycles. The Kier molecular flexibility index (Phi) is 4.51. The van der Waals surface area contributed by atoms with Crippen LogP contribution in [0.15, 0.2) is 23.9 Å². The van der Waals surface area contributed by atoms with E-state index in [9.17, 15) is 0 Å². The highest BCUT2D eigenvalue weighted by atomic mass is 15.2. The Hall–Kier alpha value is -1.58. The van der Waals surface area contributed by atoms with Gasteiger partial charge >= 0.3 is 0 Å². The summed E-state index contributed by atoms with van der Waals surface area (Å²) >= 11 is 0. The Balaban J connectivity index is 1.52. The zero-order chi connectivity index (χ0) is 13.6. The topological polar surface area (TPSA) is 41.1 Å². The van der Waals surface area contributed by atoms with Gasteiger partial charge in [-0.3, -0.25) is 0 Å². The molecule has 1 N–H and O–H groups in total. The summed E-state index contributed by atoms with van der Waals surface area (Å²) in [5.74, 6) is 1.84. The first kappa shape index (κ1) is 13.4. The van der Waals surface area contributed by atoms with E-state index in [1.54, 1.807) is 5.57 Å². The predicted octanol–water partition coefficient (Wildman–Crippen LogP) is 3.38. The van der Waals surface area contributed by atoms with Crippen LogP contribution in [0.4, 0.5) is 11.8 Å². The van der Waals surface area contributed by atoms with Crippen molar-refractivity contribution in [2.45, 2.75) is 44.9 Å². The number of hydrogen-bond acceptors (Lipinski definition) is 4. The number of rotatable bonds is 5. The maximum atomic E-state index is 4.62. The highest BCUT2D eigenvalue weighted by Gasteiger charge is 2.13. The minimum Gasteiger partial charge on any atom is -0.356 e. The molecule has 4 nitrogen and oxygen atoms in total. The lowest BCUT2D eigenvalue weighted by Gasteiger charge is -2.17. The first-order chi connectivity index (χ1) is 9.92. The monoisotopic (exact) mass is 272 g/mol. The third-order valence-electron chi connectivity index (χ3n) is 4.19. The maximum Gasteiger partial charge on any atom is 0.224 e. The molecule has 0 saturated carbocycles. The van der Waals surface area contributed by atoms with E-state index in [1.807, 2.05) is 12.3 Å². The quantitative estimate of drug-likeness (QED) is 0.834. The SMILES string of the molecule is C1=C(CCNc2nccc(N3CCCC3)n2)CCCC1. The van der Waals surface area contributed by atoms with Crippen LogP contribution in [0.5, 0.6) is 0 Å². The minimum absolute atomic E-state index is 0.769. The van der Waals surface area contributed by atoms with Gasteiger partial charge in [-0.15, -0.1) is 0 Å². The summed E-state index contributed by atoms with van der Waals surface area (Å²) in [4.78, 5) is 11.3. The number of nitrogens with zero attached hydrogens (tertiary/aromatic N) is 3. The minimum atomic E-state index is 0.769. The van der Waals surface area contributed by atoms with E-state index in [-0.39, 0.29) is 0 Å². The molecule has 0 spiro atoms. The second-order valence-electron chi connectivity index (χ2n) is 5.72. The van der Waals surface area contributed by atoms with Gasteiger partial charge in [0.05, 0.1) is 0 Å². The van der Waals surface area contributed by atoms with E-state index in [4.69, 9.17) is 0 Å². The average Bonchev–Trinajstić information content (AvgIpc) is 3.03. The van der Waals surface area contributed by atoms with Gasteiger partial charge in [0.1, 0.15) is 5.82 Å². The fourth-order valence-corrected chi connectivity index (χ4v) is 3.02. The summed E-state index contributed by atoms with van der Waals surface area (Å²) in [5, 5.41) is 3.37. The molecule has 1 saturated heterocycles. The molecule has 0 atom stereocenters. The van der Waals surface area contributed by atoms with E-state index in [1.165, 1.54) is 38.5 Å². The molecular weight excluding hydrogens is 248 g/mol. The second-order valence-corrected chi connectivity index (χ2v) is 5.72. The largest absolute Gasteiger partial charge is 0.356 e. The molecule has 1 fully saturated rings. The van der Waals surface area contributed by atoms with Gasteiger partial charge in [-0.1, -0.05) is 11.6 Å². The van der Waals surface area contributed by atoms with E-state index in [0.717, 1.165) is 37.8 Å². The molecule has 2 aliphatic rings. The highest BCUT2D eigenvalue weighted by Crippen LogP contribution is 2.20. The number of nitrogens with one attached hydrogen (secondary N) is 1. The van der Waals surface area contributed by atoms with Gasteiger partial charge in [0.25, 0.3) is 0 Å². The number of hydrogen-bond donors (Lipinski definition) is 1. The molecule has 4 heteroatoms. The van der Waals surface area contributed by atoms with Gasteiger partial charge < -0.3 is 10.2 Å². The van der Waals surface area contributed by atoms with Crippen LogP contribution in [0.1, 0.15) is 44.9 Å². The Bertz CT molecular complexity index is 463. The van der Waals surface area contributed by atoms with E-state index in [0.29, 0.717) is 0 Å². The molecule has 20 heavy (non-hydrogen) atoms. The van der Waals surface area contributed by atoms with Crippen molar-refractivity contribution >= 4 is 11.8 Å². The first-order valence-corrected chi connectivity index (χ1v) is 7.91. The lowest BCUT2D eigenvalue weighted by Crippen LogP contribution is -2.19. The number of aromatic nitrogens is 2. The molecule has 1 aliphatic carbocycles. The molecule has 0 radical (unpaired) electrons. The van der Waals surface area contributed by atoms with Gasteiger partial charge in [-0.05, 0) is 51.0 Å². The third-order valence-corrected chi connectivity index (χ3v) is 4.19. The van der Waals surface area contributed by atoms with Crippen molar-refractivity contribution in [2.75, 3.05) is 29.9 Å². The Morgan fingerprint density at radius 1 is 1.15 bits per heavy atom. The van der Waals surface area contributed by atoms with Crippen LogP contribution in [0.25, 0.3) is 0 Å². The van der Waals surface area contributed by atoms with Crippen LogP contribution >= 0.6 is 0 Å². The maximum absolute atomic E-state index is 4.62. The van der Waals surface area contributed by atoms with Crippen LogP contribution in [0.2, 0.25) is 0 Å². The van der Waals surface area contributed by atoms with Crippen molar-refractivity contribution in [1.29, 1.82) is 0 Å². The van der Waals surface area contributed by atoms with Crippen molar-refractivity contribution in [2.24, 2.45) is 0 Å². The summed E-state index contributed by atoms with van der Waals surface area (Å²) in [5.41, 5.74) is 1.60. The van der Waals surface area contributed by atoms with Crippen molar-refractivity contribution in [3.8, 4) is 0 Å². The molecule has 3 rings (SSSR count). The fourth-order valence-electron chi connectivity index (χ4n) is 3.02. The molecule has 108 valence electrons. The summed E-state index contributed by atoms with van der Waals surface area (Å²) in [6.45, 7) is 3.20. The number of allylic oxidation sites excluding steroid dienone is 1. The first-order valence-electron chi connectivity index (χ1n) is 7.91. The van der Waals surface area contributed by atoms with E-state index in [2.05, 4.69) is 26.3 Å². The Morgan fingerprint density at radius 3 is 2.85 bits per heavy atom. The number of anilines is 2. The van der Waals surface area contributed by atoms with Gasteiger partial charge in [0, 0.05) is 25.8 Å². The summed E-state index contributed by atoms with van der Waals surface area (Å²) in [6, 6.07) is 2.01. The lowest BCUT2D eigenvalue weighted by molar-refractivity contribution is 0.679. The molecular formula is C16H24N4. The van der Waals surface area contributed by atoms with Crippen LogP contribution in [0, 0.1) is 0 Å². The molecule has 2 heterocycles. The fraction of sp³-hybridized carbons (Fsp3) is 0.625. The van der Waals surface area contributed by atoms with Crippen molar-refractivity contribution < 1.29 is 0 Å². The second kappa shape index (κ2) is 6.73. The average molecular weight is 272 g/mol. The van der Waals surface area contributed by atoms with Gasteiger partial charge in [0.2, 0.25) is 5.95 Å². The van der Waals surface area contributed by atoms with Crippen LogP contribution in [-0.4, -0.2) is 29.6 Å². The van der Waals surface area contributed by atoms with Crippen molar-refractivity contribution in [1.82, 2.24) is 9.97 Å². The van der Waals surface area contributed by atoms with Gasteiger partial charge in [-0.25, -0.2) is 4.98 Å². The standard InChI is InChI=1S/C16H24N4/c1-2-6-14(7-3-1)8-10-17-16-18-11-9-15(19-16)20-12-4-5-13-20/h6,9,11H,1-5,7-8,10,12-13H2,(H,17,18,19). The molecule has 1 aromatic rings. The molecule has 0 amide bonds. The molecule has 0 aromatic carbocycles. The molecule has 0 bridgehead atoms. The van der Waals surface area contributed by atoms with E-state index < -0.39 is 0 Å². The zero-order valence-electron chi connectivity index (χ0n) is 12.1. The van der Waals surface area contributed by atoms with Gasteiger partial charge in [-0.2, -0.15) is 4.98 Å². The predicted molar refractivity (Wildman–Crippen MR) is 83.1 cm³/mol. The van der Waals surface area contributed by atoms with Crippen LogP contribution in [0.3, 0.4) is 0 Å². The van der Waals surface area contributed by atoms with Crippen LogP contribution < -0.4 is 10.2 Å². The van der Waals surface area contributed by atoms with Crippen LogP contribution in [-0.2, 0) is 0 Å². The smallest absolute Gasteiger partial charge is 0.224 e. The Morgan fingerprint density at radius 2 is 2.05 bits per heavy atom. The highest BCUT2D eigenvalue weighted by molar-refractivity contribution is 5.43. The molecule has 0 unspecified atom stereocenters. The zero-order valence-corrected chi connectivity index (χ0v) is 12.1. The normalized spacial score (nSPS) is 19.0. The summed E-state index contributed by atoms with van der Waals surface area (Å²) in [6.07, 6.45) is 13.2. The Labute approximate surface area is 121 Å². The third kappa shape index (κ3) is 3.50. The summed E-state index contributed by atoms with van der Waals surface area (Å²) in [7, 11) is 0. The lowest BCUT2D eigenvalue weighted by atomic mass is 9.97. The summed E-state index contributed by atoms with van der Waals surface area (Å²) < 4.78 is 0. The molecule has 1 aromatic heterocycles. The van der Waals surface area contributed by atoms with E-state index >= 15 is 0 Å². The van der Waals surface area contributed by atoms with Crippen molar-refractivity contribution in [3.63, 3.8) is 0 Å².